The summed E-state index contributed by atoms with van der Waals surface area (Å²) in [4.78, 5) is 11.2. The standard InChI is InChI=1S/C12H18O3/c1-9(12(8-13)11(14)15-12)10-6-4-2-3-5-7-10/h13H,2-8H2,1H3. The molecule has 2 rings (SSSR count). The minimum Gasteiger partial charge on any atom is -0.437 e. The van der Waals surface area contributed by atoms with Crippen molar-refractivity contribution in [2.45, 2.75) is 51.0 Å². The molecule has 1 atom stereocenters. The van der Waals surface area contributed by atoms with E-state index in [1.807, 2.05) is 6.92 Å². The Bertz CT molecular complexity index is 296. The number of cyclic esters (lactones) is 1. The molecule has 0 radical (unpaired) electrons. The van der Waals surface area contributed by atoms with Gasteiger partial charge in [0.05, 0.1) is 6.61 Å². The summed E-state index contributed by atoms with van der Waals surface area (Å²) >= 11 is 0. The number of hydrogen-bond donors (Lipinski definition) is 1. The molecule has 0 spiro atoms. The molecule has 0 aromatic carbocycles. The van der Waals surface area contributed by atoms with E-state index in [-0.39, 0.29) is 12.6 Å². The maximum atomic E-state index is 11.2. The monoisotopic (exact) mass is 210 g/mol. The molecule has 0 aromatic rings. The second-order valence-corrected chi connectivity index (χ2v) is 4.52. The van der Waals surface area contributed by atoms with Crippen molar-refractivity contribution in [1.82, 2.24) is 0 Å². The predicted octanol–water partition coefficient (Wildman–Crippen LogP) is 1.94. The van der Waals surface area contributed by atoms with E-state index in [2.05, 4.69) is 0 Å². The molecule has 1 aliphatic heterocycles. The van der Waals surface area contributed by atoms with Gasteiger partial charge in [0.15, 0.2) is 0 Å². The Balaban J connectivity index is 2.19. The summed E-state index contributed by atoms with van der Waals surface area (Å²) in [7, 11) is 0. The number of epoxide rings is 1. The van der Waals surface area contributed by atoms with E-state index >= 15 is 0 Å². The van der Waals surface area contributed by atoms with Gasteiger partial charge in [0, 0.05) is 0 Å². The van der Waals surface area contributed by atoms with E-state index < -0.39 is 5.60 Å². The van der Waals surface area contributed by atoms with Crippen molar-refractivity contribution >= 4 is 5.97 Å². The zero-order valence-electron chi connectivity index (χ0n) is 9.21. The molecule has 2 aliphatic rings. The Morgan fingerprint density at radius 2 is 1.87 bits per heavy atom. The highest BCUT2D eigenvalue weighted by atomic mass is 16.7. The van der Waals surface area contributed by atoms with Gasteiger partial charge in [-0.25, -0.2) is 4.79 Å². The van der Waals surface area contributed by atoms with Crippen molar-refractivity contribution in [2.24, 2.45) is 0 Å². The van der Waals surface area contributed by atoms with Crippen molar-refractivity contribution in [3.05, 3.63) is 11.1 Å². The first-order chi connectivity index (χ1) is 7.20. The van der Waals surface area contributed by atoms with Crippen LogP contribution in [0, 0.1) is 0 Å². The van der Waals surface area contributed by atoms with Crippen LogP contribution in [-0.4, -0.2) is 23.3 Å². The predicted molar refractivity (Wildman–Crippen MR) is 56.3 cm³/mol. The highest BCUT2D eigenvalue weighted by Crippen LogP contribution is 2.40. The molecular weight excluding hydrogens is 192 g/mol. The lowest BCUT2D eigenvalue weighted by atomic mass is 9.92. The number of aliphatic hydroxyl groups is 1. The van der Waals surface area contributed by atoms with E-state index in [9.17, 15) is 9.90 Å². The second kappa shape index (κ2) is 3.97. The molecule has 1 N–H and O–H groups in total. The molecule has 84 valence electrons. The van der Waals surface area contributed by atoms with Crippen LogP contribution in [0.3, 0.4) is 0 Å². The van der Waals surface area contributed by atoms with Gasteiger partial charge < -0.3 is 9.84 Å². The van der Waals surface area contributed by atoms with Gasteiger partial charge in [0.25, 0.3) is 5.60 Å². The lowest BCUT2D eigenvalue weighted by Crippen LogP contribution is -2.21. The highest BCUT2D eigenvalue weighted by Gasteiger charge is 2.59. The number of carbonyl (C=O) groups is 1. The summed E-state index contributed by atoms with van der Waals surface area (Å²) in [5, 5.41) is 9.22. The molecule has 15 heavy (non-hydrogen) atoms. The van der Waals surface area contributed by atoms with Gasteiger partial charge in [0.1, 0.15) is 0 Å². The molecule has 3 heteroatoms. The van der Waals surface area contributed by atoms with Crippen LogP contribution in [0.5, 0.6) is 0 Å². The van der Waals surface area contributed by atoms with Crippen molar-refractivity contribution in [1.29, 1.82) is 0 Å². The fraction of sp³-hybridized carbons (Fsp3) is 0.750. The average molecular weight is 210 g/mol. The summed E-state index contributed by atoms with van der Waals surface area (Å²) in [6, 6.07) is 0. The average Bonchev–Trinajstić information content (AvgIpc) is 2.96. The zero-order chi connectivity index (χ0) is 10.9. The van der Waals surface area contributed by atoms with Crippen LogP contribution in [0.25, 0.3) is 0 Å². The number of hydrogen-bond acceptors (Lipinski definition) is 3. The largest absolute Gasteiger partial charge is 0.437 e. The van der Waals surface area contributed by atoms with Gasteiger partial charge in [-0.15, -0.1) is 0 Å². The normalized spacial score (nSPS) is 30.8. The van der Waals surface area contributed by atoms with Crippen LogP contribution in [0.2, 0.25) is 0 Å². The third kappa shape index (κ3) is 1.81. The first-order valence-corrected chi connectivity index (χ1v) is 5.74. The summed E-state index contributed by atoms with van der Waals surface area (Å²) in [6.45, 7) is 1.73. The van der Waals surface area contributed by atoms with Gasteiger partial charge >= 0.3 is 5.97 Å². The summed E-state index contributed by atoms with van der Waals surface area (Å²) < 4.78 is 4.96. The molecule has 1 aliphatic carbocycles. The van der Waals surface area contributed by atoms with Crippen LogP contribution in [0.15, 0.2) is 11.1 Å². The third-order valence-electron chi connectivity index (χ3n) is 3.62. The molecule has 1 saturated heterocycles. The maximum absolute atomic E-state index is 11.2. The number of carbonyl (C=O) groups excluding carboxylic acids is 1. The van der Waals surface area contributed by atoms with E-state index in [0.29, 0.717) is 0 Å². The molecule has 2 fully saturated rings. The van der Waals surface area contributed by atoms with Gasteiger partial charge in [0.2, 0.25) is 0 Å². The van der Waals surface area contributed by atoms with Crippen LogP contribution in [-0.2, 0) is 9.53 Å². The molecule has 1 heterocycles. The molecular formula is C12H18O3. The number of allylic oxidation sites excluding steroid dienone is 1. The second-order valence-electron chi connectivity index (χ2n) is 4.52. The molecule has 3 nitrogen and oxygen atoms in total. The van der Waals surface area contributed by atoms with Crippen molar-refractivity contribution in [2.75, 3.05) is 6.61 Å². The summed E-state index contributed by atoms with van der Waals surface area (Å²) in [5.41, 5.74) is 1.35. The fourth-order valence-electron chi connectivity index (χ4n) is 2.39. The molecule has 1 saturated carbocycles. The highest BCUT2D eigenvalue weighted by molar-refractivity contribution is 5.97. The lowest BCUT2D eigenvalue weighted by Gasteiger charge is -2.12. The van der Waals surface area contributed by atoms with E-state index in [1.165, 1.54) is 31.3 Å². The Kier molecular flexibility index (Phi) is 2.83. The van der Waals surface area contributed by atoms with Crippen molar-refractivity contribution < 1.29 is 14.6 Å². The minimum absolute atomic E-state index is 0.207. The molecule has 0 aromatic heterocycles. The molecule has 1 unspecified atom stereocenters. The van der Waals surface area contributed by atoms with Gasteiger partial charge in [-0.3, -0.25) is 0 Å². The maximum Gasteiger partial charge on any atom is 0.359 e. The van der Waals surface area contributed by atoms with E-state index in [1.54, 1.807) is 0 Å². The van der Waals surface area contributed by atoms with Crippen molar-refractivity contribution in [3.8, 4) is 0 Å². The van der Waals surface area contributed by atoms with Crippen LogP contribution in [0.1, 0.15) is 45.4 Å². The van der Waals surface area contributed by atoms with E-state index in [4.69, 9.17) is 4.74 Å². The Morgan fingerprint density at radius 1 is 1.33 bits per heavy atom. The van der Waals surface area contributed by atoms with Gasteiger partial charge in [-0.1, -0.05) is 18.4 Å². The summed E-state index contributed by atoms with van der Waals surface area (Å²) in [6.07, 6.45) is 7.06. The van der Waals surface area contributed by atoms with Crippen molar-refractivity contribution in [3.63, 3.8) is 0 Å². The molecule has 0 bridgehead atoms. The van der Waals surface area contributed by atoms with Crippen LogP contribution < -0.4 is 0 Å². The lowest BCUT2D eigenvalue weighted by molar-refractivity contribution is -0.117. The Labute approximate surface area is 90.1 Å². The minimum atomic E-state index is -0.945. The first-order valence-electron chi connectivity index (χ1n) is 5.74. The quantitative estimate of drug-likeness (QED) is 0.430. The topological polar surface area (TPSA) is 49.8 Å². The van der Waals surface area contributed by atoms with Gasteiger partial charge in [-0.2, -0.15) is 0 Å². The smallest absolute Gasteiger partial charge is 0.359 e. The summed E-state index contributed by atoms with van der Waals surface area (Å²) in [5.74, 6) is -0.265. The SMILES string of the molecule is CC(=C1CCCCCC1)C1(CO)OC1=O. The zero-order valence-corrected chi connectivity index (χ0v) is 9.21. The molecule has 0 amide bonds. The third-order valence-corrected chi connectivity index (χ3v) is 3.62. The fourth-order valence-corrected chi connectivity index (χ4v) is 2.39. The number of aliphatic hydroxyl groups excluding tert-OH is 1. The number of ether oxygens (including phenoxy) is 1. The van der Waals surface area contributed by atoms with Crippen LogP contribution in [0.4, 0.5) is 0 Å². The Hall–Kier alpha value is -0.830. The van der Waals surface area contributed by atoms with Crippen LogP contribution >= 0.6 is 0 Å². The number of rotatable bonds is 2. The van der Waals surface area contributed by atoms with Gasteiger partial charge in [-0.05, 0) is 38.2 Å². The first kappa shape index (κ1) is 10.7. The Morgan fingerprint density at radius 3 is 2.27 bits per heavy atom. The van der Waals surface area contributed by atoms with E-state index in [0.717, 1.165) is 18.4 Å².